The fourth-order valence-corrected chi connectivity index (χ4v) is 2.85. The smallest absolute Gasteiger partial charge is 0.307 e. The predicted molar refractivity (Wildman–Crippen MR) is 85.7 cm³/mol. The molecule has 2 aromatic rings. The number of nitrogens with zero attached hydrogens (tertiary/aromatic N) is 1. The SMILES string of the molecule is CCC(C)C(NC(=O)C1CC1C(=O)O)c1nc2ccccc2[nH]1. The maximum absolute atomic E-state index is 12.3. The molecule has 1 fully saturated rings. The Kier molecular flexibility index (Phi) is 4.07. The van der Waals surface area contributed by atoms with E-state index in [1.807, 2.05) is 24.3 Å². The number of hydrogen-bond acceptors (Lipinski definition) is 3. The Morgan fingerprint density at radius 1 is 1.39 bits per heavy atom. The summed E-state index contributed by atoms with van der Waals surface area (Å²) in [6.45, 7) is 4.11. The Balaban J connectivity index is 1.81. The summed E-state index contributed by atoms with van der Waals surface area (Å²) in [4.78, 5) is 31.1. The normalized spacial score (nSPS) is 22.5. The minimum atomic E-state index is -0.894. The topological polar surface area (TPSA) is 95.1 Å². The van der Waals surface area contributed by atoms with E-state index >= 15 is 0 Å². The molecule has 0 radical (unpaired) electrons. The zero-order valence-corrected chi connectivity index (χ0v) is 13.2. The van der Waals surface area contributed by atoms with Gasteiger partial charge in [-0.2, -0.15) is 0 Å². The molecule has 1 aliphatic rings. The molecule has 3 rings (SSSR count). The minimum absolute atomic E-state index is 0.192. The van der Waals surface area contributed by atoms with E-state index in [4.69, 9.17) is 5.11 Å². The van der Waals surface area contributed by atoms with Gasteiger partial charge < -0.3 is 15.4 Å². The van der Waals surface area contributed by atoms with E-state index in [0.29, 0.717) is 6.42 Å². The third kappa shape index (κ3) is 3.06. The van der Waals surface area contributed by atoms with Crippen molar-refractivity contribution in [3.63, 3.8) is 0 Å². The average Bonchev–Trinajstić information content (AvgIpc) is 3.24. The third-order valence-corrected chi connectivity index (χ3v) is 4.66. The molecule has 6 nitrogen and oxygen atoms in total. The lowest BCUT2D eigenvalue weighted by atomic mass is 9.98. The van der Waals surface area contributed by atoms with Gasteiger partial charge in [-0.15, -0.1) is 0 Å². The van der Waals surface area contributed by atoms with Crippen LogP contribution in [0.15, 0.2) is 24.3 Å². The number of fused-ring (bicyclic) bond motifs is 1. The average molecular weight is 315 g/mol. The molecule has 23 heavy (non-hydrogen) atoms. The van der Waals surface area contributed by atoms with Crippen LogP contribution in [0.1, 0.15) is 38.6 Å². The van der Waals surface area contributed by atoms with Gasteiger partial charge in [0.25, 0.3) is 0 Å². The molecule has 3 N–H and O–H groups in total. The van der Waals surface area contributed by atoms with E-state index in [1.54, 1.807) is 0 Å². The molecule has 1 aromatic heterocycles. The van der Waals surface area contributed by atoms with E-state index in [9.17, 15) is 9.59 Å². The van der Waals surface area contributed by atoms with Gasteiger partial charge in [-0.25, -0.2) is 4.98 Å². The van der Waals surface area contributed by atoms with E-state index in [2.05, 4.69) is 29.1 Å². The van der Waals surface area contributed by atoms with Crippen LogP contribution >= 0.6 is 0 Å². The van der Waals surface area contributed by atoms with Crippen molar-refractivity contribution >= 4 is 22.9 Å². The number of carbonyl (C=O) groups excluding carboxylic acids is 1. The van der Waals surface area contributed by atoms with Gasteiger partial charge in [0.05, 0.1) is 28.9 Å². The largest absolute Gasteiger partial charge is 0.481 e. The number of amides is 1. The number of aliphatic carboxylic acids is 1. The highest BCUT2D eigenvalue weighted by Crippen LogP contribution is 2.39. The Morgan fingerprint density at radius 2 is 2.13 bits per heavy atom. The molecule has 1 heterocycles. The van der Waals surface area contributed by atoms with Crippen LogP contribution in [0, 0.1) is 17.8 Å². The van der Waals surface area contributed by atoms with E-state index in [1.165, 1.54) is 0 Å². The van der Waals surface area contributed by atoms with Crippen molar-refractivity contribution in [2.75, 3.05) is 0 Å². The van der Waals surface area contributed by atoms with Crippen molar-refractivity contribution < 1.29 is 14.7 Å². The lowest BCUT2D eigenvalue weighted by molar-refractivity contribution is -0.140. The summed E-state index contributed by atoms with van der Waals surface area (Å²) >= 11 is 0. The number of benzene rings is 1. The summed E-state index contributed by atoms with van der Waals surface area (Å²) in [5, 5.41) is 12.0. The highest BCUT2D eigenvalue weighted by atomic mass is 16.4. The standard InChI is InChI=1S/C17H21N3O3/c1-3-9(2)14(20-16(21)10-8-11(10)17(22)23)15-18-12-6-4-5-7-13(12)19-15/h4-7,9-11,14H,3,8H2,1-2H3,(H,18,19)(H,20,21)(H,22,23). The Hall–Kier alpha value is -2.37. The molecule has 0 aliphatic heterocycles. The van der Waals surface area contributed by atoms with Gasteiger partial charge in [0.2, 0.25) is 5.91 Å². The summed E-state index contributed by atoms with van der Waals surface area (Å²) in [7, 11) is 0. The van der Waals surface area contributed by atoms with Crippen LogP contribution in [-0.2, 0) is 9.59 Å². The number of aromatic amines is 1. The molecule has 122 valence electrons. The van der Waals surface area contributed by atoms with E-state index < -0.39 is 17.8 Å². The Bertz CT molecular complexity index is 707. The molecular formula is C17H21N3O3. The molecule has 1 aliphatic carbocycles. The number of carboxylic acids is 1. The predicted octanol–water partition coefficient (Wildman–Crippen LogP) is 2.49. The van der Waals surface area contributed by atoms with Crippen LogP contribution in [0.2, 0.25) is 0 Å². The third-order valence-electron chi connectivity index (χ3n) is 4.66. The van der Waals surface area contributed by atoms with Gasteiger partial charge in [0.15, 0.2) is 0 Å². The summed E-state index contributed by atoms with van der Waals surface area (Å²) < 4.78 is 0. The number of carbonyl (C=O) groups is 2. The van der Waals surface area contributed by atoms with Gasteiger partial charge >= 0.3 is 5.97 Å². The van der Waals surface area contributed by atoms with Crippen LogP contribution < -0.4 is 5.32 Å². The molecule has 6 heteroatoms. The summed E-state index contributed by atoms with van der Waals surface area (Å²) in [6, 6.07) is 7.48. The van der Waals surface area contributed by atoms with Crippen LogP contribution in [0.3, 0.4) is 0 Å². The molecule has 1 aromatic carbocycles. The van der Waals surface area contributed by atoms with Gasteiger partial charge in [-0.05, 0) is 24.5 Å². The van der Waals surface area contributed by atoms with Crippen LogP contribution in [-0.4, -0.2) is 27.0 Å². The van der Waals surface area contributed by atoms with Crippen molar-refractivity contribution in [1.29, 1.82) is 0 Å². The number of nitrogens with one attached hydrogen (secondary N) is 2. The monoisotopic (exact) mass is 315 g/mol. The van der Waals surface area contributed by atoms with Crippen molar-refractivity contribution in [3.05, 3.63) is 30.1 Å². The summed E-state index contributed by atoms with van der Waals surface area (Å²) in [5.74, 6) is -1.12. The summed E-state index contributed by atoms with van der Waals surface area (Å²) in [5.41, 5.74) is 1.79. The second-order valence-electron chi connectivity index (χ2n) is 6.30. The Morgan fingerprint density at radius 3 is 2.74 bits per heavy atom. The first kappa shape index (κ1) is 15.5. The number of carboxylic acid groups (broad SMARTS) is 1. The van der Waals surface area contributed by atoms with Crippen molar-refractivity contribution in [1.82, 2.24) is 15.3 Å². The highest BCUT2D eigenvalue weighted by Gasteiger charge is 2.49. The molecule has 0 saturated heterocycles. The number of para-hydroxylation sites is 2. The maximum Gasteiger partial charge on any atom is 0.307 e. The Labute approximate surface area is 134 Å². The molecule has 0 spiro atoms. The first-order chi connectivity index (χ1) is 11.0. The zero-order valence-electron chi connectivity index (χ0n) is 13.2. The fourth-order valence-electron chi connectivity index (χ4n) is 2.85. The van der Waals surface area contributed by atoms with Crippen molar-refractivity contribution in [3.8, 4) is 0 Å². The molecular weight excluding hydrogens is 294 g/mol. The van der Waals surface area contributed by atoms with Gasteiger partial charge in [-0.3, -0.25) is 9.59 Å². The quantitative estimate of drug-likeness (QED) is 0.763. The van der Waals surface area contributed by atoms with Gasteiger partial charge in [0.1, 0.15) is 5.82 Å². The van der Waals surface area contributed by atoms with Crippen LogP contribution in [0.4, 0.5) is 0 Å². The number of aromatic nitrogens is 2. The molecule has 0 bridgehead atoms. The maximum atomic E-state index is 12.3. The van der Waals surface area contributed by atoms with Crippen molar-refractivity contribution in [2.24, 2.45) is 17.8 Å². The molecule has 4 unspecified atom stereocenters. The van der Waals surface area contributed by atoms with E-state index in [0.717, 1.165) is 23.3 Å². The van der Waals surface area contributed by atoms with Gasteiger partial charge in [0, 0.05) is 0 Å². The lowest BCUT2D eigenvalue weighted by Gasteiger charge is -2.22. The van der Waals surface area contributed by atoms with Crippen molar-refractivity contribution in [2.45, 2.75) is 32.7 Å². The number of imidazole rings is 1. The molecule has 1 amide bonds. The van der Waals surface area contributed by atoms with Gasteiger partial charge in [-0.1, -0.05) is 32.4 Å². The number of H-pyrrole nitrogens is 1. The second kappa shape index (κ2) is 6.02. The zero-order chi connectivity index (χ0) is 16.6. The van der Waals surface area contributed by atoms with E-state index in [-0.39, 0.29) is 17.9 Å². The summed E-state index contributed by atoms with van der Waals surface area (Å²) in [6.07, 6.45) is 1.31. The first-order valence-electron chi connectivity index (χ1n) is 7.99. The number of rotatable bonds is 6. The second-order valence-corrected chi connectivity index (χ2v) is 6.30. The fraction of sp³-hybridized carbons (Fsp3) is 0.471. The minimum Gasteiger partial charge on any atom is -0.481 e. The molecule has 4 atom stereocenters. The molecule has 1 saturated carbocycles. The highest BCUT2D eigenvalue weighted by molar-refractivity contribution is 5.89. The number of hydrogen-bond donors (Lipinski definition) is 3. The van der Waals surface area contributed by atoms with Crippen LogP contribution in [0.25, 0.3) is 11.0 Å². The van der Waals surface area contributed by atoms with Crippen LogP contribution in [0.5, 0.6) is 0 Å². The first-order valence-corrected chi connectivity index (χ1v) is 7.99. The lowest BCUT2D eigenvalue weighted by Crippen LogP contribution is -2.35.